The van der Waals surface area contributed by atoms with Gasteiger partial charge in [-0.15, -0.1) is 0 Å². The highest BCUT2D eigenvalue weighted by molar-refractivity contribution is 5.76. The van der Waals surface area contributed by atoms with Crippen LogP contribution in [0, 0.1) is 0 Å². The van der Waals surface area contributed by atoms with Crippen molar-refractivity contribution in [1.29, 1.82) is 0 Å². The average Bonchev–Trinajstić information content (AvgIpc) is 2.50. The first-order chi connectivity index (χ1) is 9.96. The van der Waals surface area contributed by atoms with Crippen LogP contribution in [-0.2, 0) is 11.2 Å². The third-order valence-corrected chi connectivity index (χ3v) is 2.88. The lowest BCUT2D eigenvalue weighted by Gasteiger charge is -2.14. The van der Waals surface area contributed by atoms with Gasteiger partial charge >= 0.3 is 0 Å². The van der Waals surface area contributed by atoms with Crippen molar-refractivity contribution in [3.63, 3.8) is 0 Å². The van der Waals surface area contributed by atoms with Gasteiger partial charge in [0.05, 0.1) is 19.7 Å². The maximum atomic E-state index is 12.9. The zero-order valence-corrected chi connectivity index (χ0v) is 12.2. The number of nitrogens with one attached hydrogen (secondary N) is 1. The van der Waals surface area contributed by atoms with E-state index >= 15 is 0 Å². The Morgan fingerprint density at radius 3 is 2.57 bits per heavy atom. The third kappa shape index (κ3) is 7.04. The first-order valence-corrected chi connectivity index (χ1v) is 7.03. The molecule has 0 radical (unpaired) electrons. The molecule has 1 aromatic rings. The summed E-state index contributed by atoms with van der Waals surface area (Å²) in [6.07, 6.45) is 1.60. The molecule has 1 rings (SSSR count). The topological polar surface area (TPSA) is 64.3 Å². The summed E-state index contributed by atoms with van der Waals surface area (Å²) in [5.74, 6) is -2.67. The molecular weight excluding hydrogens is 278 g/mol. The highest BCUT2D eigenvalue weighted by Gasteiger charge is 2.26. The van der Waals surface area contributed by atoms with E-state index in [0.29, 0.717) is 13.0 Å². The number of alkyl halides is 2. The van der Waals surface area contributed by atoms with Gasteiger partial charge < -0.3 is 15.8 Å². The molecule has 4 nitrogen and oxygen atoms in total. The largest absolute Gasteiger partial charge is 0.494 e. The maximum absolute atomic E-state index is 12.9. The van der Waals surface area contributed by atoms with E-state index in [1.807, 2.05) is 31.2 Å². The second kappa shape index (κ2) is 8.56. The number of nitrogens with two attached hydrogens (primary N) is 1. The third-order valence-electron chi connectivity index (χ3n) is 2.88. The Morgan fingerprint density at radius 2 is 2.00 bits per heavy atom. The molecular formula is C15H22F2N2O2. The molecule has 0 unspecified atom stereocenters. The van der Waals surface area contributed by atoms with Crippen LogP contribution < -0.4 is 15.8 Å². The number of halogens is 2. The highest BCUT2D eigenvalue weighted by Crippen LogP contribution is 2.14. The van der Waals surface area contributed by atoms with E-state index in [2.05, 4.69) is 5.32 Å². The van der Waals surface area contributed by atoms with Gasteiger partial charge in [-0.05, 0) is 30.5 Å². The Labute approximate surface area is 123 Å². The van der Waals surface area contributed by atoms with Crippen LogP contribution in [0.5, 0.6) is 5.75 Å². The molecule has 3 N–H and O–H groups in total. The van der Waals surface area contributed by atoms with Crippen LogP contribution in [0.3, 0.4) is 0 Å². The molecule has 0 fully saturated rings. The number of amides is 1. The molecule has 0 saturated heterocycles. The molecule has 0 bridgehead atoms. The average molecular weight is 300 g/mol. The maximum Gasteiger partial charge on any atom is 0.277 e. The van der Waals surface area contributed by atoms with E-state index in [-0.39, 0.29) is 6.42 Å². The lowest BCUT2D eigenvalue weighted by Crippen LogP contribution is -2.41. The minimum atomic E-state index is -3.05. The summed E-state index contributed by atoms with van der Waals surface area (Å²) >= 11 is 0. The van der Waals surface area contributed by atoms with Gasteiger partial charge in [0.2, 0.25) is 5.91 Å². The van der Waals surface area contributed by atoms with Crippen molar-refractivity contribution in [3.8, 4) is 5.75 Å². The summed E-state index contributed by atoms with van der Waals surface area (Å²) in [4.78, 5) is 11.5. The van der Waals surface area contributed by atoms with Crippen molar-refractivity contribution in [2.45, 2.75) is 32.1 Å². The first-order valence-electron chi connectivity index (χ1n) is 7.03. The van der Waals surface area contributed by atoms with E-state index in [0.717, 1.165) is 17.7 Å². The minimum absolute atomic E-state index is 0.163. The number of hydrogen-bond acceptors (Lipinski definition) is 3. The summed E-state index contributed by atoms with van der Waals surface area (Å²) in [7, 11) is 0. The van der Waals surface area contributed by atoms with Crippen molar-refractivity contribution in [2.75, 3.05) is 19.7 Å². The Morgan fingerprint density at radius 1 is 1.33 bits per heavy atom. The van der Waals surface area contributed by atoms with Gasteiger partial charge in [-0.1, -0.05) is 19.1 Å². The van der Waals surface area contributed by atoms with Crippen LogP contribution >= 0.6 is 0 Å². The van der Waals surface area contributed by atoms with Crippen molar-refractivity contribution in [2.24, 2.45) is 5.73 Å². The Balaban J connectivity index is 2.32. The number of rotatable bonds is 9. The van der Waals surface area contributed by atoms with Gasteiger partial charge in [-0.3, -0.25) is 4.79 Å². The van der Waals surface area contributed by atoms with Gasteiger partial charge in [0.1, 0.15) is 5.75 Å². The number of hydrogen-bond donors (Lipinski definition) is 2. The van der Waals surface area contributed by atoms with Gasteiger partial charge in [0, 0.05) is 6.42 Å². The van der Waals surface area contributed by atoms with Crippen LogP contribution in [0.1, 0.15) is 25.3 Å². The normalized spacial score (nSPS) is 11.2. The smallest absolute Gasteiger partial charge is 0.277 e. The van der Waals surface area contributed by atoms with Gasteiger partial charge in [-0.25, -0.2) is 8.78 Å². The summed E-state index contributed by atoms with van der Waals surface area (Å²) in [6.45, 7) is 1.21. The fraction of sp³-hybridized carbons (Fsp3) is 0.533. The second-order valence-electron chi connectivity index (χ2n) is 4.83. The van der Waals surface area contributed by atoms with Crippen molar-refractivity contribution in [1.82, 2.24) is 5.32 Å². The predicted octanol–water partition coefficient (Wildman–Crippen LogP) is 2.12. The minimum Gasteiger partial charge on any atom is -0.494 e. The van der Waals surface area contributed by atoms with E-state index in [1.54, 1.807) is 0 Å². The van der Waals surface area contributed by atoms with Crippen molar-refractivity contribution < 1.29 is 18.3 Å². The molecule has 0 spiro atoms. The summed E-state index contributed by atoms with van der Waals surface area (Å²) in [6, 6.07) is 7.41. The lowest BCUT2D eigenvalue weighted by atomic mass is 10.1. The predicted molar refractivity (Wildman–Crippen MR) is 77.6 cm³/mol. The first kappa shape index (κ1) is 17.4. The zero-order valence-electron chi connectivity index (χ0n) is 12.2. The fourth-order valence-corrected chi connectivity index (χ4v) is 1.62. The van der Waals surface area contributed by atoms with E-state index < -0.39 is 24.9 Å². The Bertz CT molecular complexity index is 436. The number of ether oxygens (including phenoxy) is 1. The van der Waals surface area contributed by atoms with Crippen LogP contribution in [0.4, 0.5) is 8.78 Å². The van der Waals surface area contributed by atoms with Crippen LogP contribution in [0.15, 0.2) is 24.3 Å². The van der Waals surface area contributed by atoms with Crippen LogP contribution in [0.2, 0.25) is 0 Å². The quantitative estimate of drug-likeness (QED) is 0.734. The molecule has 1 aromatic carbocycles. The number of aryl methyl sites for hydroxylation is 1. The zero-order chi connectivity index (χ0) is 15.7. The van der Waals surface area contributed by atoms with E-state index in [1.165, 1.54) is 0 Å². The Hall–Kier alpha value is -1.69. The Kier molecular flexibility index (Phi) is 7.08. The second-order valence-corrected chi connectivity index (χ2v) is 4.83. The molecule has 0 aliphatic carbocycles. The molecule has 0 aliphatic heterocycles. The van der Waals surface area contributed by atoms with Crippen molar-refractivity contribution >= 4 is 5.91 Å². The molecule has 6 heteroatoms. The molecule has 21 heavy (non-hydrogen) atoms. The summed E-state index contributed by atoms with van der Waals surface area (Å²) in [5, 5.41) is 2.19. The number of carbonyl (C=O) groups excluding carboxylic acids is 1. The van der Waals surface area contributed by atoms with Crippen molar-refractivity contribution in [3.05, 3.63) is 29.8 Å². The monoisotopic (exact) mass is 300 g/mol. The van der Waals surface area contributed by atoms with Gasteiger partial charge in [0.25, 0.3) is 5.92 Å². The van der Waals surface area contributed by atoms with Crippen LogP contribution in [-0.4, -0.2) is 31.5 Å². The summed E-state index contributed by atoms with van der Waals surface area (Å²) in [5.41, 5.74) is 5.85. The van der Waals surface area contributed by atoms with Gasteiger partial charge in [-0.2, -0.15) is 0 Å². The summed E-state index contributed by atoms with van der Waals surface area (Å²) < 4.78 is 31.2. The molecule has 0 heterocycles. The molecule has 0 atom stereocenters. The van der Waals surface area contributed by atoms with E-state index in [9.17, 15) is 13.6 Å². The fourth-order valence-electron chi connectivity index (χ4n) is 1.62. The molecule has 118 valence electrons. The lowest BCUT2D eigenvalue weighted by molar-refractivity contribution is -0.122. The van der Waals surface area contributed by atoms with E-state index in [4.69, 9.17) is 10.5 Å². The number of carbonyl (C=O) groups is 1. The highest BCUT2D eigenvalue weighted by atomic mass is 19.3. The molecule has 0 saturated carbocycles. The molecule has 0 aliphatic rings. The molecule has 1 amide bonds. The SMILES string of the molecule is CCCOc1ccc(CCC(=O)NCC(F)(F)CN)cc1. The number of benzene rings is 1. The van der Waals surface area contributed by atoms with Gasteiger partial charge in [0.15, 0.2) is 0 Å². The standard InChI is InChI=1S/C15H22F2N2O2/c1-2-9-21-13-6-3-12(4-7-13)5-8-14(20)19-11-15(16,17)10-18/h3-4,6-7H,2,5,8-11,18H2,1H3,(H,19,20). The molecule has 0 aromatic heterocycles. The van der Waals surface area contributed by atoms with Crippen LogP contribution in [0.25, 0.3) is 0 Å².